The molecule has 0 bridgehead atoms. The van der Waals surface area contributed by atoms with Gasteiger partial charge in [-0.3, -0.25) is 14.2 Å². The molecule has 0 unspecified atom stereocenters. The molecule has 0 aliphatic heterocycles. The molecule has 5 aromatic rings. The Hall–Kier alpha value is -4.11. The third-order valence-corrected chi connectivity index (χ3v) is 5.82. The number of H-pyrrole nitrogens is 2. The van der Waals surface area contributed by atoms with Crippen molar-refractivity contribution in [2.75, 3.05) is 7.11 Å². The number of amides is 1. The fourth-order valence-electron chi connectivity index (χ4n) is 3.76. The second-order valence-electron chi connectivity index (χ2n) is 7.57. The number of carbonyl (C=O) groups is 1. The number of carbonyl (C=O) groups excluding carboxylic acids is 1. The molecular weight excluding hydrogens is 440 g/mol. The van der Waals surface area contributed by atoms with Crippen molar-refractivity contribution in [3.8, 4) is 5.75 Å². The molecule has 33 heavy (non-hydrogen) atoms. The SMILES string of the molecule is COc1ccc2[nH]c3c(=O)n(Cc4ccc(C(=O)NCc5ccco5)cc4)c(=S)[nH]c3c2c1. The zero-order valence-electron chi connectivity index (χ0n) is 17.7. The molecule has 2 aromatic carbocycles. The Kier molecular flexibility index (Phi) is 5.31. The minimum atomic E-state index is -0.218. The first kappa shape index (κ1) is 20.8. The summed E-state index contributed by atoms with van der Waals surface area (Å²) in [6.07, 6.45) is 1.56. The molecule has 0 spiro atoms. The van der Waals surface area contributed by atoms with E-state index in [2.05, 4.69) is 15.3 Å². The highest BCUT2D eigenvalue weighted by Crippen LogP contribution is 2.26. The Balaban J connectivity index is 1.40. The topological polar surface area (TPSA) is 105 Å². The van der Waals surface area contributed by atoms with Crippen molar-refractivity contribution in [3.05, 3.63) is 92.9 Å². The number of methoxy groups -OCH3 is 1. The molecule has 1 amide bonds. The third kappa shape index (κ3) is 3.94. The maximum atomic E-state index is 13.2. The average Bonchev–Trinajstić information content (AvgIpc) is 3.48. The number of hydrogen-bond acceptors (Lipinski definition) is 5. The van der Waals surface area contributed by atoms with Crippen LogP contribution in [0.5, 0.6) is 5.75 Å². The molecular formula is C24H20N4O4S. The third-order valence-electron chi connectivity index (χ3n) is 5.50. The Morgan fingerprint density at radius 2 is 1.94 bits per heavy atom. The van der Waals surface area contributed by atoms with Crippen LogP contribution in [-0.2, 0) is 13.1 Å². The summed E-state index contributed by atoms with van der Waals surface area (Å²) in [6, 6.07) is 16.2. The summed E-state index contributed by atoms with van der Waals surface area (Å²) in [5.74, 6) is 1.17. The fourth-order valence-corrected chi connectivity index (χ4v) is 4.01. The van der Waals surface area contributed by atoms with E-state index in [1.54, 1.807) is 37.6 Å². The van der Waals surface area contributed by atoms with E-state index in [-0.39, 0.29) is 18.0 Å². The lowest BCUT2D eigenvalue weighted by molar-refractivity contribution is 0.0948. The Bertz CT molecular complexity index is 1580. The van der Waals surface area contributed by atoms with Gasteiger partial charge in [-0.25, -0.2) is 0 Å². The molecule has 166 valence electrons. The lowest BCUT2D eigenvalue weighted by atomic mass is 10.1. The fraction of sp³-hybridized carbons (Fsp3) is 0.125. The van der Waals surface area contributed by atoms with Gasteiger partial charge in [-0.05, 0) is 60.2 Å². The highest BCUT2D eigenvalue weighted by molar-refractivity contribution is 7.71. The molecule has 3 aromatic heterocycles. The summed E-state index contributed by atoms with van der Waals surface area (Å²) in [4.78, 5) is 31.9. The normalized spacial score (nSPS) is 11.2. The lowest BCUT2D eigenvalue weighted by Gasteiger charge is -2.08. The highest BCUT2D eigenvalue weighted by Gasteiger charge is 2.13. The summed E-state index contributed by atoms with van der Waals surface area (Å²) < 4.78 is 12.3. The number of nitrogens with zero attached hydrogens (tertiary/aromatic N) is 1. The number of furan rings is 1. The van der Waals surface area contributed by atoms with Gasteiger partial charge in [0.15, 0.2) is 4.77 Å². The van der Waals surface area contributed by atoms with Gasteiger partial charge >= 0.3 is 0 Å². The first-order valence-corrected chi connectivity index (χ1v) is 10.7. The average molecular weight is 461 g/mol. The first-order chi connectivity index (χ1) is 16.0. The summed E-state index contributed by atoms with van der Waals surface area (Å²) >= 11 is 5.49. The van der Waals surface area contributed by atoms with E-state index >= 15 is 0 Å². The number of hydrogen-bond donors (Lipinski definition) is 3. The van der Waals surface area contributed by atoms with Gasteiger partial charge in [-0.1, -0.05) is 12.1 Å². The van der Waals surface area contributed by atoms with Gasteiger partial charge in [0, 0.05) is 16.5 Å². The van der Waals surface area contributed by atoms with Gasteiger partial charge in [0.05, 0.1) is 32.0 Å². The van der Waals surface area contributed by atoms with Crippen molar-refractivity contribution in [2.45, 2.75) is 13.1 Å². The number of nitrogens with one attached hydrogen (secondary N) is 3. The van der Waals surface area contributed by atoms with Crippen molar-refractivity contribution < 1.29 is 13.9 Å². The lowest BCUT2D eigenvalue weighted by Crippen LogP contribution is -2.23. The number of benzene rings is 2. The number of rotatable bonds is 6. The van der Waals surface area contributed by atoms with Crippen molar-refractivity contribution >= 4 is 40.1 Å². The van der Waals surface area contributed by atoms with Crippen LogP contribution in [0.4, 0.5) is 0 Å². The number of fused-ring (bicyclic) bond motifs is 3. The van der Waals surface area contributed by atoms with E-state index in [0.717, 1.165) is 16.5 Å². The summed E-state index contributed by atoms with van der Waals surface area (Å²) in [5, 5.41) is 3.64. The van der Waals surface area contributed by atoms with Crippen molar-refractivity contribution in [3.63, 3.8) is 0 Å². The van der Waals surface area contributed by atoms with Gasteiger partial charge in [0.25, 0.3) is 11.5 Å². The summed E-state index contributed by atoms with van der Waals surface area (Å²) in [5.41, 5.74) is 3.05. The zero-order chi connectivity index (χ0) is 22.9. The van der Waals surface area contributed by atoms with Crippen LogP contribution in [0, 0.1) is 4.77 Å². The maximum Gasteiger partial charge on any atom is 0.278 e. The molecule has 0 radical (unpaired) electrons. The second kappa shape index (κ2) is 8.44. The van der Waals surface area contributed by atoms with Crippen LogP contribution in [0.25, 0.3) is 21.9 Å². The molecule has 0 aliphatic carbocycles. The van der Waals surface area contributed by atoms with Gasteiger partial charge in [-0.15, -0.1) is 0 Å². The van der Waals surface area contributed by atoms with Crippen LogP contribution < -0.4 is 15.6 Å². The Labute approximate surface area is 192 Å². The van der Waals surface area contributed by atoms with E-state index < -0.39 is 0 Å². The minimum absolute atomic E-state index is 0.206. The molecule has 0 aliphatic rings. The molecule has 9 heteroatoms. The standard InChI is InChI=1S/C24H20N4O4S/c1-31-16-8-9-19-18(11-16)20-21(26-19)23(30)28(24(33)27-20)13-14-4-6-15(7-5-14)22(29)25-12-17-3-2-10-32-17/h2-11,26H,12-13H2,1H3,(H,25,29)(H,27,33). The Morgan fingerprint density at radius 1 is 1.12 bits per heavy atom. The number of aromatic nitrogens is 3. The van der Waals surface area contributed by atoms with Crippen LogP contribution in [-0.4, -0.2) is 27.6 Å². The van der Waals surface area contributed by atoms with E-state index in [9.17, 15) is 9.59 Å². The van der Waals surface area contributed by atoms with Crippen LogP contribution in [0.2, 0.25) is 0 Å². The quantitative estimate of drug-likeness (QED) is 0.331. The predicted molar refractivity (Wildman–Crippen MR) is 127 cm³/mol. The van der Waals surface area contributed by atoms with Crippen molar-refractivity contribution in [1.29, 1.82) is 0 Å². The van der Waals surface area contributed by atoms with Crippen molar-refractivity contribution in [1.82, 2.24) is 19.9 Å². The molecule has 8 nitrogen and oxygen atoms in total. The molecule has 5 rings (SSSR count). The van der Waals surface area contributed by atoms with Gasteiger partial charge < -0.3 is 24.4 Å². The predicted octanol–water partition coefficient (Wildman–Crippen LogP) is 4.12. The summed E-state index contributed by atoms with van der Waals surface area (Å²) in [7, 11) is 1.60. The summed E-state index contributed by atoms with van der Waals surface area (Å²) in [6.45, 7) is 0.589. The smallest absolute Gasteiger partial charge is 0.278 e. The first-order valence-electron chi connectivity index (χ1n) is 10.3. The van der Waals surface area contributed by atoms with E-state index in [1.807, 2.05) is 30.3 Å². The molecule has 3 N–H and O–H groups in total. The van der Waals surface area contributed by atoms with Gasteiger partial charge in [0.2, 0.25) is 0 Å². The van der Waals surface area contributed by atoms with Gasteiger partial charge in [0.1, 0.15) is 17.0 Å². The molecule has 0 atom stereocenters. The second-order valence-corrected chi connectivity index (χ2v) is 7.95. The number of ether oxygens (including phenoxy) is 1. The van der Waals surface area contributed by atoms with E-state index in [0.29, 0.717) is 39.4 Å². The molecule has 0 saturated carbocycles. The largest absolute Gasteiger partial charge is 0.497 e. The minimum Gasteiger partial charge on any atom is -0.497 e. The van der Waals surface area contributed by atoms with E-state index in [4.69, 9.17) is 21.4 Å². The van der Waals surface area contributed by atoms with Crippen LogP contribution in [0.1, 0.15) is 21.7 Å². The Morgan fingerprint density at radius 3 is 2.67 bits per heavy atom. The van der Waals surface area contributed by atoms with Crippen molar-refractivity contribution in [2.24, 2.45) is 0 Å². The molecule has 0 saturated heterocycles. The molecule has 0 fully saturated rings. The van der Waals surface area contributed by atoms with E-state index in [1.165, 1.54) is 4.57 Å². The van der Waals surface area contributed by atoms with Gasteiger partial charge in [-0.2, -0.15) is 0 Å². The van der Waals surface area contributed by atoms with Crippen LogP contribution in [0.15, 0.2) is 70.1 Å². The number of aromatic amines is 2. The zero-order valence-corrected chi connectivity index (χ0v) is 18.5. The maximum absolute atomic E-state index is 13.2. The van der Waals surface area contributed by atoms with Crippen LogP contribution in [0.3, 0.4) is 0 Å². The highest BCUT2D eigenvalue weighted by atomic mass is 32.1. The monoisotopic (exact) mass is 460 g/mol. The van der Waals surface area contributed by atoms with Crippen LogP contribution >= 0.6 is 12.2 Å². The molecule has 3 heterocycles.